The molecule has 1 fully saturated rings. The van der Waals surface area contributed by atoms with Gasteiger partial charge in [0.15, 0.2) is 0 Å². The predicted molar refractivity (Wildman–Crippen MR) is 90.5 cm³/mol. The highest BCUT2D eigenvalue weighted by molar-refractivity contribution is 5.86. The van der Waals surface area contributed by atoms with Crippen LogP contribution in [0, 0.1) is 13.8 Å². The summed E-state index contributed by atoms with van der Waals surface area (Å²) in [6.07, 6.45) is 3.53. The number of aryl methyl sites for hydroxylation is 2. The van der Waals surface area contributed by atoms with Gasteiger partial charge in [-0.25, -0.2) is 4.79 Å². The summed E-state index contributed by atoms with van der Waals surface area (Å²) in [5.74, 6) is 0.00310. The molecule has 2 aromatic rings. The van der Waals surface area contributed by atoms with Gasteiger partial charge in [-0.3, -0.25) is 4.90 Å². The summed E-state index contributed by atoms with van der Waals surface area (Å²) in [4.78, 5) is 13.4. The molecule has 1 aromatic carbocycles. The summed E-state index contributed by atoms with van der Waals surface area (Å²) in [5.41, 5.74) is 3.10. The number of likely N-dealkylation sites (tertiary alicyclic amines) is 1. The van der Waals surface area contributed by atoms with E-state index in [2.05, 4.69) is 36.9 Å². The predicted octanol–water partition coefficient (Wildman–Crippen LogP) is 3.64. The molecule has 0 saturated carbocycles. The van der Waals surface area contributed by atoms with Gasteiger partial charge >= 0.3 is 5.97 Å². The third-order valence-electron chi connectivity index (χ3n) is 4.51. The Morgan fingerprint density at radius 2 is 2.04 bits per heavy atom. The number of ether oxygens (including phenoxy) is 1. The number of nitrogens with zero attached hydrogens (tertiary/aromatic N) is 1. The number of benzene rings is 1. The Morgan fingerprint density at radius 1 is 1.29 bits per heavy atom. The number of aromatic carboxylic acids is 1. The van der Waals surface area contributed by atoms with Crippen LogP contribution >= 0.6 is 0 Å². The summed E-state index contributed by atoms with van der Waals surface area (Å²) < 4.78 is 11.2. The van der Waals surface area contributed by atoms with E-state index in [0.717, 1.165) is 42.8 Å². The summed E-state index contributed by atoms with van der Waals surface area (Å²) in [5, 5.41) is 9.11. The summed E-state index contributed by atoms with van der Waals surface area (Å²) >= 11 is 0. The molecule has 2 heterocycles. The third-order valence-corrected chi connectivity index (χ3v) is 4.51. The van der Waals surface area contributed by atoms with E-state index < -0.39 is 5.97 Å². The first-order valence-electron chi connectivity index (χ1n) is 8.29. The van der Waals surface area contributed by atoms with Crippen molar-refractivity contribution in [3.8, 4) is 5.75 Å². The molecule has 5 nitrogen and oxygen atoms in total. The van der Waals surface area contributed by atoms with Crippen molar-refractivity contribution < 1.29 is 19.1 Å². The van der Waals surface area contributed by atoms with Crippen LogP contribution in [0.3, 0.4) is 0 Å². The molecule has 1 saturated heterocycles. The number of carboxylic acids is 1. The van der Waals surface area contributed by atoms with Gasteiger partial charge in [0, 0.05) is 25.2 Å². The molecule has 0 spiro atoms. The van der Waals surface area contributed by atoms with Gasteiger partial charge in [0.05, 0.1) is 6.26 Å². The second-order valence-electron chi connectivity index (χ2n) is 6.44. The molecule has 1 N–H and O–H groups in total. The second kappa shape index (κ2) is 7.09. The van der Waals surface area contributed by atoms with E-state index in [4.69, 9.17) is 14.3 Å². The molecule has 0 aliphatic carbocycles. The molecule has 0 unspecified atom stereocenters. The first-order valence-corrected chi connectivity index (χ1v) is 8.29. The summed E-state index contributed by atoms with van der Waals surface area (Å²) in [7, 11) is 0. The SMILES string of the molecule is Cc1ccc(C)c(OC2CCN(Cc3ccoc3C(=O)O)CC2)c1. The maximum absolute atomic E-state index is 11.1. The maximum atomic E-state index is 11.1. The maximum Gasteiger partial charge on any atom is 0.372 e. The Bertz CT molecular complexity index is 714. The Kier molecular flexibility index (Phi) is 4.90. The van der Waals surface area contributed by atoms with Crippen LogP contribution in [0.25, 0.3) is 0 Å². The lowest BCUT2D eigenvalue weighted by atomic mass is 10.1. The number of hydrogen-bond donors (Lipinski definition) is 1. The fourth-order valence-corrected chi connectivity index (χ4v) is 3.09. The molecule has 128 valence electrons. The lowest BCUT2D eigenvalue weighted by Gasteiger charge is -2.32. The van der Waals surface area contributed by atoms with E-state index in [-0.39, 0.29) is 11.9 Å². The van der Waals surface area contributed by atoms with Crippen LogP contribution in [-0.4, -0.2) is 35.2 Å². The quantitative estimate of drug-likeness (QED) is 0.907. The fourth-order valence-electron chi connectivity index (χ4n) is 3.09. The molecular formula is C19H23NO4. The zero-order valence-corrected chi connectivity index (χ0v) is 14.1. The van der Waals surface area contributed by atoms with Crippen LogP contribution in [0.5, 0.6) is 5.75 Å². The summed E-state index contributed by atoms with van der Waals surface area (Å²) in [6.45, 7) is 6.52. The molecular weight excluding hydrogens is 306 g/mol. The van der Waals surface area contributed by atoms with Crippen LogP contribution < -0.4 is 4.74 Å². The zero-order chi connectivity index (χ0) is 17.1. The first kappa shape index (κ1) is 16.6. The second-order valence-corrected chi connectivity index (χ2v) is 6.44. The lowest BCUT2D eigenvalue weighted by Crippen LogP contribution is -2.38. The molecule has 1 aliphatic rings. The lowest BCUT2D eigenvalue weighted by molar-refractivity contribution is 0.0654. The van der Waals surface area contributed by atoms with Crippen molar-refractivity contribution in [3.05, 3.63) is 53.0 Å². The van der Waals surface area contributed by atoms with Crippen LogP contribution in [-0.2, 0) is 6.54 Å². The van der Waals surface area contributed by atoms with Gasteiger partial charge in [-0.1, -0.05) is 12.1 Å². The monoisotopic (exact) mass is 329 g/mol. The Hall–Kier alpha value is -2.27. The normalized spacial score (nSPS) is 16.2. The fraction of sp³-hybridized carbons (Fsp3) is 0.421. The number of piperidine rings is 1. The number of rotatable bonds is 5. The number of hydrogen-bond acceptors (Lipinski definition) is 4. The topological polar surface area (TPSA) is 62.9 Å². The van der Waals surface area contributed by atoms with Gasteiger partial charge in [-0.15, -0.1) is 0 Å². The van der Waals surface area contributed by atoms with Gasteiger partial charge < -0.3 is 14.3 Å². The van der Waals surface area contributed by atoms with Crippen molar-refractivity contribution in [1.82, 2.24) is 4.90 Å². The van der Waals surface area contributed by atoms with Crippen molar-refractivity contribution in [2.24, 2.45) is 0 Å². The molecule has 24 heavy (non-hydrogen) atoms. The van der Waals surface area contributed by atoms with Crippen molar-refractivity contribution in [2.75, 3.05) is 13.1 Å². The van der Waals surface area contributed by atoms with Gasteiger partial charge in [-0.2, -0.15) is 0 Å². The van der Waals surface area contributed by atoms with E-state index in [1.807, 2.05) is 0 Å². The molecule has 0 bridgehead atoms. The zero-order valence-electron chi connectivity index (χ0n) is 14.1. The van der Waals surface area contributed by atoms with E-state index in [1.54, 1.807) is 6.07 Å². The van der Waals surface area contributed by atoms with E-state index >= 15 is 0 Å². The molecule has 3 rings (SSSR count). The Morgan fingerprint density at radius 3 is 2.75 bits per heavy atom. The molecule has 1 aromatic heterocycles. The molecule has 0 amide bonds. The van der Waals surface area contributed by atoms with Crippen LogP contribution in [0.1, 0.15) is 40.1 Å². The largest absolute Gasteiger partial charge is 0.490 e. The van der Waals surface area contributed by atoms with Crippen LogP contribution in [0.4, 0.5) is 0 Å². The first-order chi connectivity index (χ1) is 11.5. The Balaban J connectivity index is 1.55. The number of carboxylic acid groups (broad SMARTS) is 1. The number of carbonyl (C=O) groups is 1. The highest BCUT2D eigenvalue weighted by Crippen LogP contribution is 2.25. The van der Waals surface area contributed by atoms with Crippen molar-refractivity contribution in [2.45, 2.75) is 39.3 Å². The number of furan rings is 1. The minimum absolute atomic E-state index is 0.0451. The van der Waals surface area contributed by atoms with E-state index in [0.29, 0.717) is 6.54 Å². The van der Waals surface area contributed by atoms with Gasteiger partial charge in [0.1, 0.15) is 11.9 Å². The average Bonchev–Trinajstić information content (AvgIpc) is 3.01. The van der Waals surface area contributed by atoms with E-state index in [9.17, 15) is 4.79 Å². The molecule has 1 aliphatic heterocycles. The van der Waals surface area contributed by atoms with Crippen molar-refractivity contribution in [3.63, 3.8) is 0 Å². The van der Waals surface area contributed by atoms with Crippen LogP contribution in [0.15, 0.2) is 34.9 Å². The minimum Gasteiger partial charge on any atom is -0.490 e. The van der Waals surface area contributed by atoms with Crippen LogP contribution in [0.2, 0.25) is 0 Å². The minimum atomic E-state index is -1.01. The van der Waals surface area contributed by atoms with Gasteiger partial charge in [-0.05, 0) is 49.9 Å². The van der Waals surface area contributed by atoms with Crippen molar-refractivity contribution in [1.29, 1.82) is 0 Å². The Labute approximate surface area is 141 Å². The average molecular weight is 329 g/mol. The highest BCUT2D eigenvalue weighted by atomic mass is 16.5. The van der Waals surface area contributed by atoms with Crippen molar-refractivity contribution >= 4 is 5.97 Å². The van der Waals surface area contributed by atoms with Gasteiger partial charge in [0.25, 0.3) is 0 Å². The van der Waals surface area contributed by atoms with E-state index in [1.165, 1.54) is 11.8 Å². The molecule has 5 heteroatoms. The van der Waals surface area contributed by atoms with Gasteiger partial charge in [0.2, 0.25) is 5.76 Å². The summed E-state index contributed by atoms with van der Waals surface area (Å²) in [6, 6.07) is 8.01. The highest BCUT2D eigenvalue weighted by Gasteiger charge is 2.23. The third kappa shape index (κ3) is 3.79. The molecule has 0 atom stereocenters. The standard InChI is InChI=1S/C19H23NO4/c1-13-3-4-14(2)17(11-13)24-16-5-8-20(9-6-16)12-15-7-10-23-18(15)19(21)22/h3-4,7,10-11,16H,5-6,8-9,12H2,1-2H3,(H,21,22). The smallest absolute Gasteiger partial charge is 0.372 e. The molecule has 0 radical (unpaired) electrons.